The summed E-state index contributed by atoms with van der Waals surface area (Å²) in [6, 6.07) is 3.63. The molecule has 2 nitrogen and oxygen atoms in total. The van der Waals surface area contributed by atoms with Gasteiger partial charge in [0.05, 0.1) is 0 Å². The van der Waals surface area contributed by atoms with Crippen molar-refractivity contribution in [1.29, 1.82) is 0 Å². The average Bonchev–Trinajstić information content (AvgIpc) is 2.59. The van der Waals surface area contributed by atoms with E-state index in [-0.39, 0.29) is 0 Å². The van der Waals surface area contributed by atoms with Crippen molar-refractivity contribution in [2.45, 2.75) is 19.3 Å². The van der Waals surface area contributed by atoms with Crippen molar-refractivity contribution in [2.24, 2.45) is 5.92 Å². The quantitative estimate of drug-likeness (QED) is 0.605. The van der Waals surface area contributed by atoms with Crippen LogP contribution >= 0.6 is 0 Å². The summed E-state index contributed by atoms with van der Waals surface area (Å²) in [6.07, 6.45) is 1.95. The van der Waals surface area contributed by atoms with Crippen molar-refractivity contribution in [3.05, 3.63) is 23.7 Å². The Morgan fingerprint density at radius 1 is 1.64 bits per heavy atom. The molecule has 11 heavy (non-hydrogen) atoms. The van der Waals surface area contributed by atoms with Gasteiger partial charge in [0.15, 0.2) is 12.0 Å². The summed E-state index contributed by atoms with van der Waals surface area (Å²) in [5, 5.41) is 0. The van der Waals surface area contributed by atoms with Crippen molar-refractivity contribution in [2.75, 3.05) is 0 Å². The van der Waals surface area contributed by atoms with Gasteiger partial charge in [0.2, 0.25) is 0 Å². The Morgan fingerprint density at radius 2 is 2.36 bits per heavy atom. The molecule has 2 rings (SSSR count). The lowest BCUT2D eigenvalue weighted by molar-refractivity contribution is 0.109. The molecule has 0 bridgehead atoms. The van der Waals surface area contributed by atoms with Gasteiger partial charge in [-0.2, -0.15) is 0 Å². The van der Waals surface area contributed by atoms with E-state index in [0.717, 1.165) is 18.0 Å². The molecule has 1 aromatic heterocycles. The molecular weight excluding hydrogens is 140 g/mol. The van der Waals surface area contributed by atoms with Crippen molar-refractivity contribution in [1.82, 2.24) is 0 Å². The molecule has 0 aromatic carbocycles. The van der Waals surface area contributed by atoms with Gasteiger partial charge >= 0.3 is 0 Å². The molecule has 1 saturated carbocycles. The van der Waals surface area contributed by atoms with E-state index in [0.29, 0.717) is 11.7 Å². The third-order valence-electron chi connectivity index (χ3n) is 2.24. The zero-order valence-corrected chi connectivity index (χ0v) is 6.41. The number of hydrogen-bond donors (Lipinski definition) is 0. The molecule has 0 N–H and O–H groups in total. The molecule has 2 heteroatoms. The molecule has 0 unspecified atom stereocenters. The van der Waals surface area contributed by atoms with Crippen molar-refractivity contribution < 1.29 is 9.21 Å². The third kappa shape index (κ3) is 1.09. The Balaban J connectivity index is 2.19. The van der Waals surface area contributed by atoms with E-state index in [9.17, 15) is 4.79 Å². The van der Waals surface area contributed by atoms with Crippen LogP contribution in [0.15, 0.2) is 16.5 Å². The van der Waals surface area contributed by atoms with Crippen LogP contribution in [0.25, 0.3) is 0 Å². The number of furan rings is 1. The maximum Gasteiger partial charge on any atom is 0.185 e. The zero-order chi connectivity index (χ0) is 7.84. The van der Waals surface area contributed by atoms with Crippen LogP contribution in [0.4, 0.5) is 0 Å². The Morgan fingerprint density at radius 3 is 2.82 bits per heavy atom. The van der Waals surface area contributed by atoms with Gasteiger partial charge in [0.25, 0.3) is 0 Å². The minimum atomic E-state index is 0.444. The van der Waals surface area contributed by atoms with Gasteiger partial charge in [0, 0.05) is 5.92 Å². The molecule has 58 valence electrons. The number of carbonyl (C=O) groups is 1. The molecule has 0 radical (unpaired) electrons. The van der Waals surface area contributed by atoms with Gasteiger partial charge < -0.3 is 4.42 Å². The lowest BCUT2D eigenvalue weighted by Gasteiger charge is -1.87. The molecule has 1 aromatic rings. The van der Waals surface area contributed by atoms with Crippen LogP contribution in [0.5, 0.6) is 0 Å². The Kier molecular flexibility index (Phi) is 1.34. The summed E-state index contributed by atoms with van der Waals surface area (Å²) in [4.78, 5) is 10.3. The molecule has 0 amide bonds. The van der Waals surface area contributed by atoms with Gasteiger partial charge in [-0.3, -0.25) is 4.79 Å². The lowest BCUT2D eigenvalue weighted by atomic mass is 10.3. The van der Waals surface area contributed by atoms with Gasteiger partial charge in [-0.05, 0) is 24.5 Å². The summed E-state index contributed by atoms with van der Waals surface area (Å²) in [5.41, 5.74) is 0. The van der Waals surface area contributed by atoms with Crippen LogP contribution < -0.4 is 0 Å². The summed E-state index contributed by atoms with van der Waals surface area (Å²) in [5.74, 6) is 2.73. The Labute approximate surface area is 65.2 Å². The van der Waals surface area contributed by atoms with Gasteiger partial charge in [-0.25, -0.2) is 0 Å². The van der Waals surface area contributed by atoms with E-state index >= 15 is 0 Å². The highest BCUT2D eigenvalue weighted by Crippen LogP contribution is 2.47. The van der Waals surface area contributed by atoms with E-state index < -0.39 is 0 Å². The third-order valence-corrected chi connectivity index (χ3v) is 2.24. The first-order valence-electron chi connectivity index (χ1n) is 3.86. The van der Waals surface area contributed by atoms with Crippen LogP contribution in [-0.2, 0) is 0 Å². The molecule has 1 heterocycles. The number of rotatable bonds is 2. The fraction of sp³-hybridized carbons (Fsp3) is 0.444. The fourth-order valence-electron chi connectivity index (χ4n) is 1.35. The molecule has 1 aliphatic rings. The maximum atomic E-state index is 10.3. The zero-order valence-electron chi connectivity index (χ0n) is 6.41. The van der Waals surface area contributed by atoms with Crippen LogP contribution in [-0.4, -0.2) is 6.29 Å². The average molecular weight is 150 g/mol. The molecule has 2 atom stereocenters. The topological polar surface area (TPSA) is 30.2 Å². The molecule has 0 saturated heterocycles. The lowest BCUT2D eigenvalue weighted by Crippen LogP contribution is -1.74. The molecular formula is C9H10O2. The van der Waals surface area contributed by atoms with Crippen molar-refractivity contribution in [3.8, 4) is 0 Å². The van der Waals surface area contributed by atoms with Crippen LogP contribution in [0, 0.1) is 5.92 Å². The molecule has 1 fully saturated rings. The van der Waals surface area contributed by atoms with Gasteiger partial charge in [-0.15, -0.1) is 0 Å². The smallest absolute Gasteiger partial charge is 0.185 e. The maximum absolute atomic E-state index is 10.3. The number of hydrogen-bond acceptors (Lipinski definition) is 2. The highest BCUT2D eigenvalue weighted by Gasteiger charge is 2.36. The SMILES string of the molecule is C[C@H]1C[C@H]1c1ccc(C=O)o1. The predicted molar refractivity (Wildman–Crippen MR) is 40.6 cm³/mol. The summed E-state index contributed by atoms with van der Waals surface area (Å²) < 4.78 is 5.26. The molecule has 1 aliphatic carbocycles. The van der Waals surface area contributed by atoms with Crippen LogP contribution in [0.1, 0.15) is 35.6 Å². The molecule has 0 aliphatic heterocycles. The minimum absolute atomic E-state index is 0.444. The van der Waals surface area contributed by atoms with E-state index in [4.69, 9.17) is 4.42 Å². The highest BCUT2D eigenvalue weighted by atomic mass is 16.3. The van der Waals surface area contributed by atoms with E-state index in [1.807, 2.05) is 6.07 Å². The van der Waals surface area contributed by atoms with Gasteiger partial charge in [-0.1, -0.05) is 6.92 Å². The minimum Gasteiger partial charge on any atom is -0.458 e. The van der Waals surface area contributed by atoms with Crippen LogP contribution in [0.3, 0.4) is 0 Å². The first-order valence-corrected chi connectivity index (χ1v) is 3.86. The first-order chi connectivity index (χ1) is 5.31. The monoisotopic (exact) mass is 150 g/mol. The van der Waals surface area contributed by atoms with E-state index in [2.05, 4.69) is 6.92 Å². The van der Waals surface area contributed by atoms with Crippen LogP contribution in [0.2, 0.25) is 0 Å². The van der Waals surface area contributed by atoms with Crippen molar-refractivity contribution >= 4 is 6.29 Å². The number of carbonyl (C=O) groups excluding carboxylic acids is 1. The van der Waals surface area contributed by atoms with E-state index in [1.54, 1.807) is 6.07 Å². The fourth-order valence-corrected chi connectivity index (χ4v) is 1.35. The standard InChI is InChI=1S/C9H10O2/c1-6-4-8(6)9-3-2-7(5-10)11-9/h2-3,5-6,8H,4H2,1H3/t6-,8+/m0/s1. The molecule has 0 spiro atoms. The Bertz CT molecular complexity index is 275. The second kappa shape index (κ2) is 2.22. The largest absolute Gasteiger partial charge is 0.458 e. The Hall–Kier alpha value is -1.05. The summed E-state index contributed by atoms with van der Waals surface area (Å²) in [6.45, 7) is 2.19. The predicted octanol–water partition coefficient (Wildman–Crippen LogP) is 2.22. The highest BCUT2D eigenvalue weighted by molar-refractivity contribution is 5.70. The normalized spacial score (nSPS) is 28.5. The number of aldehydes is 1. The second-order valence-electron chi connectivity index (χ2n) is 3.18. The van der Waals surface area contributed by atoms with Gasteiger partial charge in [0.1, 0.15) is 5.76 Å². The van der Waals surface area contributed by atoms with Crippen molar-refractivity contribution in [3.63, 3.8) is 0 Å². The summed E-state index contributed by atoms with van der Waals surface area (Å²) >= 11 is 0. The second-order valence-corrected chi connectivity index (χ2v) is 3.18. The first kappa shape index (κ1) is 6.65. The summed E-state index contributed by atoms with van der Waals surface area (Å²) in [7, 11) is 0. The van der Waals surface area contributed by atoms with E-state index in [1.165, 1.54) is 6.42 Å².